The summed E-state index contributed by atoms with van der Waals surface area (Å²) in [7, 11) is 0. The van der Waals surface area contributed by atoms with E-state index in [0.717, 1.165) is 23.0 Å². The fraction of sp³-hybridized carbons (Fsp3) is 0.231. The molecule has 0 unspecified atom stereocenters. The summed E-state index contributed by atoms with van der Waals surface area (Å²) >= 11 is 5.96. The lowest BCUT2D eigenvalue weighted by Crippen LogP contribution is -2.49. The SMILES string of the molecule is O=C(c1ccccc1C(F)(F)F)N1CCN(c2ccc3c(c2)CN(c2ccc(Cl)cc2)C3=O)CC1. The lowest BCUT2D eigenvalue weighted by atomic mass is 10.1. The number of piperazine rings is 1. The van der Waals surface area contributed by atoms with E-state index in [4.69, 9.17) is 11.6 Å². The molecule has 5 rings (SSSR count). The number of halogens is 4. The molecule has 5 nitrogen and oxygen atoms in total. The van der Waals surface area contributed by atoms with Gasteiger partial charge in [-0.1, -0.05) is 23.7 Å². The predicted octanol–water partition coefficient (Wildman–Crippen LogP) is 5.48. The van der Waals surface area contributed by atoms with Gasteiger partial charge >= 0.3 is 6.18 Å². The third-order valence-electron chi connectivity index (χ3n) is 6.43. The number of amides is 2. The van der Waals surface area contributed by atoms with Crippen molar-refractivity contribution in [1.82, 2.24) is 4.90 Å². The van der Waals surface area contributed by atoms with Crippen LogP contribution in [0.25, 0.3) is 0 Å². The van der Waals surface area contributed by atoms with Gasteiger partial charge in [-0.05, 0) is 60.2 Å². The number of fused-ring (bicyclic) bond motifs is 1. The topological polar surface area (TPSA) is 43.9 Å². The zero-order chi connectivity index (χ0) is 24.7. The molecule has 3 aromatic carbocycles. The Kier molecular flexibility index (Phi) is 5.92. The van der Waals surface area contributed by atoms with E-state index >= 15 is 0 Å². The highest BCUT2D eigenvalue weighted by Crippen LogP contribution is 2.34. The van der Waals surface area contributed by atoms with Gasteiger partial charge < -0.3 is 14.7 Å². The normalized spacial score (nSPS) is 16.0. The molecule has 2 heterocycles. The van der Waals surface area contributed by atoms with Crippen molar-refractivity contribution < 1.29 is 22.8 Å². The van der Waals surface area contributed by atoms with Crippen LogP contribution in [0.1, 0.15) is 31.8 Å². The first-order valence-electron chi connectivity index (χ1n) is 11.1. The van der Waals surface area contributed by atoms with Crippen LogP contribution in [0.15, 0.2) is 66.7 Å². The summed E-state index contributed by atoms with van der Waals surface area (Å²) in [4.78, 5) is 31.0. The van der Waals surface area contributed by atoms with Crippen LogP contribution in [0.2, 0.25) is 5.02 Å². The number of anilines is 2. The van der Waals surface area contributed by atoms with E-state index in [0.29, 0.717) is 43.3 Å². The molecule has 0 saturated carbocycles. The minimum atomic E-state index is -4.59. The molecule has 2 aliphatic heterocycles. The average molecular weight is 500 g/mol. The summed E-state index contributed by atoms with van der Waals surface area (Å²) < 4.78 is 40.0. The van der Waals surface area contributed by atoms with Crippen LogP contribution in [0, 0.1) is 0 Å². The molecule has 0 aromatic heterocycles. The highest BCUT2D eigenvalue weighted by atomic mass is 35.5. The Morgan fingerprint density at radius 1 is 0.857 bits per heavy atom. The minimum absolute atomic E-state index is 0.0763. The Morgan fingerprint density at radius 3 is 2.20 bits per heavy atom. The molecule has 9 heteroatoms. The summed E-state index contributed by atoms with van der Waals surface area (Å²) in [5.41, 5.74) is 1.98. The fourth-order valence-electron chi connectivity index (χ4n) is 4.59. The minimum Gasteiger partial charge on any atom is -0.368 e. The molecule has 0 N–H and O–H groups in total. The lowest BCUT2D eigenvalue weighted by molar-refractivity contribution is -0.138. The van der Waals surface area contributed by atoms with Crippen LogP contribution < -0.4 is 9.80 Å². The van der Waals surface area contributed by atoms with Crippen molar-refractivity contribution in [1.29, 1.82) is 0 Å². The Hall–Kier alpha value is -3.52. The summed E-state index contributed by atoms with van der Waals surface area (Å²) in [6, 6.07) is 17.6. The molecule has 1 fully saturated rings. The summed E-state index contributed by atoms with van der Waals surface area (Å²) in [5, 5.41) is 0.597. The number of carbonyl (C=O) groups is 2. The van der Waals surface area contributed by atoms with Crippen LogP contribution in [0.3, 0.4) is 0 Å². The van der Waals surface area contributed by atoms with Crippen LogP contribution >= 0.6 is 11.6 Å². The van der Waals surface area contributed by atoms with E-state index in [1.54, 1.807) is 35.2 Å². The first kappa shape index (κ1) is 23.2. The molecule has 0 aliphatic carbocycles. The predicted molar refractivity (Wildman–Crippen MR) is 128 cm³/mol. The van der Waals surface area contributed by atoms with Gasteiger partial charge in [-0.3, -0.25) is 9.59 Å². The van der Waals surface area contributed by atoms with Gasteiger partial charge in [-0.15, -0.1) is 0 Å². The maximum Gasteiger partial charge on any atom is 0.417 e. The smallest absolute Gasteiger partial charge is 0.368 e. The molecule has 1 saturated heterocycles. The van der Waals surface area contributed by atoms with E-state index in [1.807, 2.05) is 12.1 Å². The van der Waals surface area contributed by atoms with E-state index < -0.39 is 17.6 Å². The number of nitrogens with zero attached hydrogens (tertiary/aromatic N) is 3. The third kappa shape index (κ3) is 4.46. The molecule has 35 heavy (non-hydrogen) atoms. The van der Waals surface area contributed by atoms with Gasteiger partial charge in [0.25, 0.3) is 11.8 Å². The second kappa shape index (κ2) is 8.92. The van der Waals surface area contributed by atoms with Gasteiger partial charge in [0, 0.05) is 48.1 Å². The highest BCUT2D eigenvalue weighted by Gasteiger charge is 2.36. The molecule has 2 amide bonds. The van der Waals surface area contributed by atoms with Gasteiger partial charge in [-0.2, -0.15) is 13.2 Å². The number of rotatable bonds is 3. The molecule has 0 radical (unpaired) electrons. The van der Waals surface area contributed by atoms with Gasteiger partial charge in [0.05, 0.1) is 17.7 Å². The Morgan fingerprint density at radius 2 is 1.51 bits per heavy atom. The lowest BCUT2D eigenvalue weighted by Gasteiger charge is -2.36. The van der Waals surface area contributed by atoms with E-state index in [1.165, 1.54) is 23.1 Å². The summed E-state index contributed by atoms with van der Waals surface area (Å²) in [6.07, 6.45) is -4.59. The molecule has 3 aromatic rings. The molecule has 0 spiro atoms. The van der Waals surface area contributed by atoms with Gasteiger partial charge in [0.15, 0.2) is 0 Å². The number of alkyl halides is 3. The van der Waals surface area contributed by atoms with Gasteiger partial charge in [-0.25, -0.2) is 0 Å². The largest absolute Gasteiger partial charge is 0.417 e. The Balaban J connectivity index is 1.28. The second-order valence-electron chi connectivity index (χ2n) is 8.53. The molecule has 0 bridgehead atoms. The quantitative estimate of drug-likeness (QED) is 0.479. The average Bonchev–Trinajstić information content (AvgIpc) is 3.19. The number of hydrogen-bond donors (Lipinski definition) is 0. The number of benzene rings is 3. The molecule has 2 aliphatic rings. The zero-order valence-corrected chi connectivity index (χ0v) is 19.3. The molecule has 180 valence electrons. The molecular weight excluding hydrogens is 479 g/mol. The van der Waals surface area contributed by atoms with Crippen molar-refractivity contribution in [3.05, 3.63) is 94.0 Å². The first-order valence-corrected chi connectivity index (χ1v) is 11.5. The van der Waals surface area contributed by atoms with Crippen molar-refractivity contribution in [2.24, 2.45) is 0 Å². The standard InChI is InChI=1S/C26H21ClF3N3O2/c27-18-5-7-19(8-6-18)33-16-17-15-20(9-10-21(17)25(33)35)31-11-13-32(14-12-31)24(34)22-3-1-2-4-23(22)26(28,29)30/h1-10,15H,11-14,16H2. The van der Waals surface area contributed by atoms with Crippen LogP contribution in [0.4, 0.5) is 24.5 Å². The monoisotopic (exact) mass is 499 g/mol. The van der Waals surface area contributed by atoms with Crippen molar-refractivity contribution in [3.8, 4) is 0 Å². The van der Waals surface area contributed by atoms with Crippen LogP contribution in [-0.2, 0) is 12.7 Å². The number of hydrogen-bond acceptors (Lipinski definition) is 3. The van der Waals surface area contributed by atoms with Crippen LogP contribution in [0.5, 0.6) is 0 Å². The van der Waals surface area contributed by atoms with Crippen molar-refractivity contribution in [3.63, 3.8) is 0 Å². The molecular formula is C26H21ClF3N3O2. The van der Waals surface area contributed by atoms with Gasteiger partial charge in [0.1, 0.15) is 0 Å². The zero-order valence-electron chi connectivity index (χ0n) is 18.6. The Labute approximate surface area is 205 Å². The van der Waals surface area contributed by atoms with Crippen LogP contribution in [-0.4, -0.2) is 42.9 Å². The van der Waals surface area contributed by atoms with Crippen molar-refractivity contribution >= 4 is 34.8 Å². The summed E-state index contributed by atoms with van der Waals surface area (Å²) in [6.45, 7) is 2.01. The third-order valence-corrected chi connectivity index (χ3v) is 6.68. The highest BCUT2D eigenvalue weighted by molar-refractivity contribution is 6.30. The molecule has 0 atom stereocenters. The van der Waals surface area contributed by atoms with E-state index in [9.17, 15) is 22.8 Å². The maximum absolute atomic E-state index is 13.3. The number of carbonyl (C=O) groups excluding carboxylic acids is 2. The fourth-order valence-corrected chi connectivity index (χ4v) is 4.71. The summed E-state index contributed by atoms with van der Waals surface area (Å²) in [5.74, 6) is -0.691. The maximum atomic E-state index is 13.3. The van der Waals surface area contributed by atoms with E-state index in [2.05, 4.69) is 4.90 Å². The van der Waals surface area contributed by atoms with E-state index in [-0.39, 0.29) is 11.5 Å². The first-order chi connectivity index (χ1) is 16.7. The second-order valence-corrected chi connectivity index (χ2v) is 8.97. The Bertz CT molecular complexity index is 1290. The van der Waals surface area contributed by atoms with Crippen molar-refractivity contribution in [2.75, 3.05) is 36.0 Å². The van der Waals surface area contributed by atoms with Crippen molar-refractivity contribution in [2.45, 2.75) is 12.7 Å². The van der Waals surface area contributed by atoms with Gasteiger partial charge in [0.2, 0.25) is 0 Å².